The van der Waals surface area contributed by atoms with Gasteiger partial charge in [-0.1, -0.05) is 53.7 Å². The molecule has 6 aromatic rings. The van der Waals surface area contributed by atoms with Crippen LogP contribution in [0.3, 0.4) is 0 Å². The fourth-order valence-corrected chi connectivity index (χ4v) is 4.92. The molecule has 46 heavy (non-hydrogen) atoms. The fraction of sp³-hybridized carbons (Fsp3) is 0.111. The van der Waals surface area contributed by atoms with E-state index in [0.29, 0.717) is 46.2 Å². The van der Waals surface area contributed by atoms with E-state index in [4.69, 9.17) is 19.3 Å². The minimum Gasteiger partial charge on any atom is -0.507 e. The Balaban J connectivity index is 1.25. The van der Waals surface area contributed by atoms with Crippen molar-refractivity contribution in [2.45, 2.75) is 13.2 Å². The Morgan fingerprint density at radius 3 is 2.39 bits per heavy atom. The van der Waals surface area contributed by atoms with Gasteiger partial charge in [-0.15, -0.1) is 5.10 Å². The standard InChI is InChI=1S/C36H31N5O5/c1-44-34-18-14-26(19-35(34)45-2)32(42)17-13-27-23-40(28-11-7-4-8-12-28)38-36(27)31-16-15-30(20-33(31)43)46-24-29-21-37-39-41(29)22-25-9-5-3-6-10-25/h3-21,23,43H,22,24H2,1-2H3. The van der Waals surface area contributed by atoms with Crippen molar-refractivity contribution in [3.05, 3.63) is 138 Å². The Labute approximate surface area is 265 Å². The van der Waals surface area contributed by atoms with Crippen LogP contribution in [0.15, 0.2) is 116 Å². The molecule has 0 bridgehead atoms. The van der Waals surface area contributed by atoms with Crippen LogP contribution in [-0.2, 0) is 13.2 Å². The molecule has 6 rings (SSSR count). The van der Waals surface area contributed by atoms with E-state index < -0.39 is 0 Å². The fourth-order valence-electron chi connectivity index (χ4n) is 4.92. The average Bonchev–Trinajstić information content (AvgIpc) is 3.73. The molecule has 2 heterocycles. The molecular weight excluding hydrogens is 582 g/mol. The zero-order valence-corrected chi connectivity index (χ0v) is 25.3. The highest BCUT2D eigenvalue weighted by molar-refractivity contribution is 6.07. The number of aromatic hydroxyl groups is 1. The van der Waals surface area contributed by atoms with Gasteiger partial charge in [0, 0.05) is 29.0 Å². The SMILES string of the molecule is COc1ccc(C(=O)C=Cc2cn(-c3ccccc3)nc2-c2ccc(OCc3cnnn3Cc3ccccc3)cc2O)cc1OC. The molecule has 0 saturated carbocycles. The lowest BCUT2D eigenvalue weighted by molar-refractivity contribution is 0.104. The van der Waals surface area contributed by atoms with Gasteiger partial charge in [0.1, 0.15) is 23.8 Å². The first-order valence-electron chi connectivity index (χ1n) is 14.5. The minimum atomic E-state index is -0.228. The predicted molar refractivity (Wildman–Crippen MR) is 173 cm³/mol. The number of para-hydroxylation sites is 1. The highest BCUT2D eigenvalue weighted by Gasteiger charge is 2.17. The molecule has 0 spiro atoms. The number of methoxy groups -OCH3 is 2. The average molecular weight is 614 g/mol. The topological polar surface area (TPSA) is 114 Å². The van der Waals surface area contributed by atoms with Crippen LogP contribution in [0, 0.1) is 0 Å². The summed E-state index contributed by atoms with van der Waals surface area (Å²) in [5.41, 5.74) is 4.77. The van der Waals surface area contributed by atoms with Crippen LogP contribution in [0.1, 0.15) is 27.2 Å². The lowest BCUT2D eigenvalue weighted by atomic mass is 10.0. The van der Waals surface area contributed by atoms with E-state index >= 15 is 0 Å². The number of nitrogens with zero attached hydrogens (tertiary/aromatic N) is 5. The third kappa shape index (κ3) is 6.66. The van der Waals surface area contributed by atoms with Crippen LogP contribution in [0.4, 0.5) is 0 Å². The lowest BCUT2D eigenvalue weighted by Gasteiger charge is -2.10. The number of benzene rings is 4. The molecule has 10 heteroatoms. The van der Waals surface area contributed by atoms with Gasteiger partial charge >= 0.3 is 0 Å². The van der Waals surface area contributed by atoms with Crippen LogP contribution in [0.25, 0.3) is 23.0 Å². The van der Waals surface area contributed by atoms with Crippen LogP contribution in [-0.4, -0.2) is 49.9 Å². The molecule has 0 unspecified atom stereocenters. The van der Waals surface area contributed by atoms with Crippen molar-refractivity contribution in [3.63, 3.8) is 0 Å². The Kier molecular flexibility index (Phi) is 8.87. The molecule has 0 amide bonds. The number of rotatable bonds is 12. The molecule has 4 aromatic carbocycles. The van der Waals surface area contributed by atoms with Gasteiger partial charge in [-0.05, 0) is 60.2 Å². The van der Waals surface area contributed by atoms with Crippen molar-refractivity contribution in [2.24, 2.45) is 0 Å². The molecule has 2 aromatic heterocycles. The van der Waals surface area contributed by atoms with Gasteiger partial charge in [-0.3, -0.25) is 4.79 Å². The van der Waals surface area contributed by atoms with E-state index in [1.165, 1.54) is 13.2 Å². The summed E-state index contributed by atoms with van der Waals surface area (Å²) in [4.78, 5) is 13.1. The molecule has 10 nitrogen and oxygen atoms in total. The Morgan fingerprint density at radius 2 is 1.65 bits per heavy atom. The van der Waals surface area contributed by atoms with Crippen LogP contribution in [0.2, 0.25) is 0 Å². The van der Waals surface area contributed by atoms with Crippen LogP contribution < -0.4 is 14.2 Å². The monoisotopic (exact) mass is 613 g/mol. The van der Waals surface area contributed by atoms with Crippen molar-refractivity contribution in [1.82, 2.24) is 24.8 Å². The van der Waals surface area contributed by atoms with Crippen molar-refractivity contribution < 1.29 is 24.1 Å². The second-order valence-corrected chi connectivity index (χ2v) is 10.3. The zero-order chi connectivity index (χ0) is 31.9. The maximum atomic E-state index is 13.1. The van der Waals surface area contributed by atoms with Crippen molar-refractivity contribution in [3.8, 4) is 39.9 Å². The zero-order valence-electron chi connectivity index (χ0n) is 25.3. The third-order valence-corrected chi connectivity index (χ3v) is 7.33. The smallest absolute Gasteiger partial charge is 0.185 e. The van der Waals surface area contributed by atoms with Gasteiger partial charge in [0.2, 0.25) is 0 Å². The number of aromatic nitrogens is 5. The molecule has 0 saturated heterocycles. The highest BCUT2D eigenvalue weighted by atomic mass is 16.5. The first-order valence-corrected chi connectivity index (χ1v) is 14.5. The molecule has 0 fully saturated rings. The molecular formula is C36H31N5O5. The molecule has 0 atom stereocenters. The first-order chi connectivity index (χ1) is 22.5. The molecule has 0 aliphatic rings. The summed E-state index contributed by atoms with van der Waals surface area (Å²) in [5, 5.41) is 24.1. The predicted octanol–water partition coefficient (Wildman–Crippen LogP) is 6.38. The van der Waals surface area contributed by atoms with E-state index in [0.717, 1.165) is 16.9 Å². The largest absolute Gasteiger partial charge is 0.507 e. The molecule has 0 aliphatic carbocycles. The summed E-state index contributed by atoms with van der Waals surface area (Å²) >= 11 is 0. The number of carbonyl (C=O) groups is 1. The Hall–Kier alpha value is -6.16. The van der Waals surface area contributed by atoms with Gasteiger partial charge < -0.3 is 19.3 Å². The Bertz CT molecular complexity index is 1980. The maximum absolute atomic E-state index is 13.1. The molecule has 1 N–H and O–H groups in total. The summed E-state index contributed by atoms with van der Waals surface area (Å²) in [5.74, 6) is 1.22. The van der Waals surface area contributed by atoms with E-state index in [1.807, 2.05) is 66.9 Å². The highest BCUT2D eigenvalue weighted by Crippen LogP contribution is 2.35. The van der Waals surface area contributed by atoms with E-state index in [-0.39, 0.29) is 18.1 Å². The van der Waals surface area contributed by atoms with E-state index in [1.54, 1.807) is 65.1 Å². The van der Waals surface area contributed by atoms with Crippen molar-refractivity contribution >= 4 is 11.9 Å². The van der Waals surface area contributed by atoms with Gasteiger partial charge in [0.25, 0.3) is 0 Å². The van der Waals surface area contributed by atoms with Crippen LogP contribution >= 0.6 is 0 Å². The minimum absolute atomic E-state index is 0.0207. The molecule has 230 valence electrons. The second kappa shape index (κ2) is 13.6. The summed E-state index contributed by atoms with van der Waals surface area (Å²) in [6.07, 6.45) is 6.63. The summed E-state index contributed by atoms with van der Waals surface area (Å²) in [6, 6.07) is 29.6. The molecule has 0 aliphatic heterocycles. The van der Waals surface area contributed by atoms with Crippen molar-refractivity contribution in [2.75, 3.05) is 14.2 Å². The van der Waals surface area contributed by atoms with Gasteiger partial charge in [0.15, 0.2) is 17.3 Å². The Morgan fingerprint density at radius 1 is 0.891 bits per heavy atom. The second-order valence-electron chi connectivity index (χ2n) is 10.3. The molecule has 0 radical (unpaired) electrons. The van der Waals surface area contributed by atoms with Gasteiger partial charge in [0.05, 0.1) is 38.3 Å². The number of hydrogen-bond acceptors (Lipinski definition) is 8. The number of ketones is 1. The van der Waals surface area contributed by atoms with E-state index in [9.17, 15) is 9.90 Å². The van der Waals surface area contributed by atoms with Gasteiger partial charge in [-0.2, -0.15) is 5.10 Å². The summed E-state index contributed by atoms with van der Waals surface area (Å²) in [6.45, 7) is 0.784. The normalized spacial score (nSPS) is 11.1. The number of allylic oxidation sites excluding steroid dienone is 1. The number of carbonyl (C=O) groups excluding carboxylic acids is 1. The number of phenols is 1. The number of phenolic OH excluding ortho intramolecular Hbond substituents is 1. The summed E-state index contributed by atoms with van der Waals surface area (Å²) in [7, 11) is 3.06. The third-order valence-electron chi connectivity index (χ3n) is 7.33. The van der Waals surface area contributed by atoms with Crippen molar-refractivity contribution in [1.29, 1.82) is 0 Å². The quantitative estimate of drug-likeness (QED) is 0.125. The first kappa shape index (κ1) is 29.9. The summed E-state index contributed by atoms with van der Waals surface area (Å²) < 4.78 is 20.1. The number of ether oxygens (including phenoxy) is 3. The lowest BCUT2D eigenvalue weighted by Crippen LogP contribution is -2.09. The van der Waals surface area contributed by atoms with Gasteiger partial charge in [-0.25, -0.2) is 9.36 Å². The maximum Gasteiger partial charge on any atom is 0.185 e. The number of hydrogen-bond donors (Lipinski definition) is 1. The van der Waals surface area contributed by atoms with E-state index in [2.05, 4.69) is 10.3 Å². The van der Waals surface area contributed by atoms with Crippen LogP contribution in [0.5, 0.6) is 23.0 Å².